The molecule has 4 N–H and O–H groups in total. The van der Waals surface area contributed by atoms with E-state index in [9.17, 15) is 4.79 Å². The third kappa shape index (κ3) is 2.54. The molecule has 0 fully saturated rings. The Hall–Kier alpha value is -0.610. The van der Waals surface area contributed by atoms with Crippen LogP contribution in [-0.4, -0.2) is 23.8 Å². The molecule has 0 aliphatic rings. The molecule has 0 bridgehead atoms. The molecule has 48 valence electrons. The Morgan fingerprint density at radius 2 is 2.50 bits per heavy atom. The zero-order valence-corrected chi connectivity index (χ0v) is 4.72. The van der Waals surface area contributed by atoms with Gasteiger partial charge in [-0.1, -0.05) is 0 Å². The molecule has 8 heavy (non-hydrogen) atoms. The van der Waals surface area contributed by atoms with Crippen LogP contribution in [0.25, 0.3) is 0 Å². The Kier molecular flexibility index (Phi) is 3.14. The minimum absolute atomic E-state index is 0.493. The number of likely N-dealkylation sites (N-methyl/N-ethyl adjacent to an activating group) is 1. The quantitative estimate of drug-likeness (QED) is 0.382. The molecule has 0 aliphatic carbocycles. The van der Waals surface area contributed by atoms with Crippen molar-refractivity contribution in [3.63, 3.8) is 0 Å². The molecule has 0 spiro atoms. The highest BCUT2D eigenvalue weighted by Crippen LogP contribution is 1.67. The SMILES string of the molecule is CCNC(=O)C(N)O. The van der Waals surface area contributed by atoms with Crippen LogP contribution in [0.1, 0.15) is 6.92 Å². The summed E-state index contributed by atoms with van der Waals surface area (Å²) in [6, 6.07) is 0. The number of carbonyl (C=O) groups is 1. The van der Waals surface area contributed by atoms with Gasteiger partial charge in [0, 0.05) is 6.54 Å². The highest BCUT2D eigenvalue weighted by molar-refractivity contribution is 5.79. The van der Waals surface area contributed by atoms with E-state index in [1.54, 1.807) is 6.92 Å². The molecule has 4 nitrogen and oxygen atoms in total. The number of nitrogens with one attached hydrogen (secondary N) is 1. The van der Waals surface area contributed by atoms with E-state index in [1.807, 2.05) is 0 Å². The van der Waals surface area contributed by atoms with Gasteiger partial charge in [-0.2, -0.15) is 0 Å². The van der Waals surface area contributed by atoms with Crippen molar-refractivity contribution in [3.8, 4) is 0 Å². The van der Waals surface area contributed by atoms with Crippen molar-refractivity contribution in [3.05, 3.63) is 0 Å². The standard InChI is InChI=1S/C4H10N2O2/c1-2-6-4(8)3(5)7/h3,7H,2,5H2,1H3,(H,6,8). The summed E-state index contributed by atoms with van der Waals surface area (Å²) in [5, 5.41) is 10.6. The number of carbonyl (C=O) groups excluding carboxylic acids is 1. The van der Waals surface area contributed by atoms with Gasteiger partial charge in [-0.3, -0.25) is 10.5 Å². The Bertz CT molecular complexity index is 82.1. The lowest BCUT2D eigenvalue weighted by Gasteiger charge is -2.01. The summed E-state index contributed by atoms with van der Waals surface area (Å²) in [5.41, 5.74) is 4.77. The van der Waals surface area contributed by atoms with E-state index in [4.69, 9.17) is 10.8 Å². The lowest BCUT2D eigenvalue weighted by molar-refractivity contribution is -0.128. The normalized spacial score (nSPS) is 12.9. The number of hydrogen-bond donors (Lipinski definition) is 3. The maximum absolute atomic E-state index is 10.3. The Morgan fingerprint density at radius 3 is 2.62 bits per heavy atom. The summed E-state index contributed by atoms with van der Waals surface area (Å²) in [6.07, 6.45) is -1.38. The van der Waals surface area contributed by atoms with Crippen LogP contribution >= 0.6 is 0 Å². The lowest BCUT2D eigenvalue weighted by atomic mass is 10.5. The molecule has 0 rings (SSSR count). The molecule has 0 aliphatic heterocycles. The first-order chi connectivity index (χ1) is 3.68. The number of aliphatic hydroxyl groups is 1. The van der Waals surface area contributed by atoms with Crippen LogP contribution in [-0.2, 0) is 4.79 Å². The predicted molar refractivity (Wildman–Crippen MR) is 28.9 cm³/mol. The minimum Gasteiger partial charge on any atom is -0.370 e. The molecule has 1 atom stereocenters. The van der Waals surface area contributed by atoms with Gasteiger partial charge in [0.25, 0.3) is 5.91 Å². The molecule has 0 radical (unpaired) electrons. The monoisotopic (exact) mass is 118 g/mol. The molecule has 4 heteroatoms. The molecule has 0 aromatic heterocycles. The topological polar surface area (TPSA) is 75.4 Å². The average molecular weight is 118 g/mol. The first kappa shape index (κ1) is 7.39. The second-order valence-electron chi connectivity index (χ2n) is 1.34. The van der Waals surface area contributed by atoms with Gasteiger partial charge >= 0.3 is 0 Å². The van der Waals surface area contributed by atoms with E-state index in [0.717, 1.165) is 0 Å². The maximum atomic E-state index is 10.3. The number of nitrogens with two attached hydrogens (primary N) is 1. The van der Waals surface area contributed by atoms with E-state index in [0.29, 0.717) is 6.54 Å². The fourth-order valence-electron chi connectivity index (χ4n) is 0.279. The molecular weight excluding hydrogens is 108 g/mol. The van der Waals surface area contributed by atoms with Crippen LogP contribution < -0.4 is 11.1 Å². The molecule has 1 unspecified atom stereocenters. The highest BCUT2D eigenvalue weighted by Gasteiger charge is 2.04. The minimum atomic E-state index is -1.38. The lowest BCUT2D eigenvalue weighted by Crippen LogP contribution is -2.39. The van der Waals surface area contributed by atoms with Gasteiger partial charge < -0.3 is 10.4 Å². The summed E-state index contributed by atoms with van der Waals surface area (Å²) in [7, 11) is 0. The summed E-state index contributed by atoms with van der Waals surface area (Å²) in [4.78, 5) is 10.3. The van der Waals surface area contributed by atoms with E-state index in [2.05, 4.69) is 5.32 Å². The first-order valence-corrected chi connectivity index (χ1v) is 2.39. The molecule has 0 aromatic rings. The van der Waals surface area contributed by atoms with Gasteiger partial charge in [0.2, 0.25) is 0 Å². The average Bonchev–Trinajstić information content (AvgIpc) is 1.67. The van der Waals surface area contributed by atoms with Crippen LogP contribution in [0.2, 0.25) is 0 Å². The molecular formula is C4H10N2O2. The molecule has 0 heterocycles. The summed E-state index contributed by atoms with van der Waals surface area (Å²) in [6.45, 7) is 2.24. The second kappa shape index (κ2) is 3.40. The Labute approximate surface area is 47.7 Å². The van der Waals surface area contributed by atoms with Crippen molar-refractivity contribution in [2.75, 3.05) is 6.54 Å². The third-order valence-corrected chi connectivity index (χ3v) is 0.620. The summed E-state index contributed by atoms with van der Waals surface area (Å²) in [5.74, 6) is -0.535. The van der Waals surface area contributed by atoms with Gasteiger partial charge in [-0.05, 0) is 6.92 Å². The molecule has 0 aromatic carbocycles. The van der Waals surface area contributed by atoms with Gasteiger partial charge in [0.15, 0.2) is 6.23 Å². The van der Waals surface area contributed by atoms with Crippen molar-refractivity contribution >= 4 is 5.91 Å². The van der Waals surface area contributed by atoms with Crippen molar-refractivity contribution in [1.29, 1.82) is 0 Å². The number of aliphatic hydroxyl groups excluding tert-OH is 1. The van der Waals surface area contributed by atoms with E-state index >= 15 is 0 Å². The smallest absolute Gasteiger partial charge is 0.263 e. The van der Waals surface area contributed by atoms with E-state index in [1.165, 1.54) is 0 Å². The van der Waals surface area contributed by atoms with Crippen LogP contribution in [0.4, 0.5) is 0 Å². The molecule has 1 amide bonds. The number of amides is 1. The predicted octanol–water partition coefficient (Wildman–Crippen LogP) is -1.60. The number of hydrogen-bond acceptors (Lipinski definition) is 3. The van der Waals surface area contributed by atoms with E-state index in [-0.39, 0.29) is 0 Å². The van der Waals surface area contributed by atoms with Crippen molar-refractivity contribution in [2.45, 2.75) is 13.2 Å². The fourth-order valence-corrected chi connectivity index (χ4v) is 0.279. The molecule has 0 saturated heterocycles. The van der Waals surface area contributed by atoms with Gasteiger partial charge in [-0.25, -0.2) is 0 Å². The van der Waals surface area contributed by atoms with E-state index < -0.39 is 12.1 Å². The zero-order chi connectivity index (χ0) is 6.57. The summed E-state index contributed by atoms with van der Waals surface area (Å²) >= 11 is 0. The van der Waals surface area contributed by atoms with Crippen LogP contribution in [0.3, 0.4) is 0 Å². The van der Waals surface area contributed by atoms with Crippen molar-refractivity contribution in [2.24, 2.45) is 5.73 Å². The van der Waals surface area contributed by atoms with Gasteiger partial charge in [0.05, 0.1) is 0 Å². The zero-order valence-electron chi connectivity index (χ0n) is 4.72. The fraction of sp³-hybridized carbons (Fsp3) is 0.750. The summed E-state index contributed by atoms with van der Waals surface area (Å²) < 4.78 is 0. The van der Waals surface area contributed by atoms with Crippen LogP contribution in [0.5, 0.6) is 0 Å². The van der Waals surface area contributed by atoms with Gasteiger partial charge in [0.1, 0.15) is 0 Å². The van der Waals surface area contributed by atoms with Crippen molar-refractivity contribution in [1.82, 2.24) is 5.32 Å². The first-order valence-electron chi connectivity index (χ1n) is 2.39. The van der Waals surface area contributed by atoms with Crippen LogP contribution in [0.15, 0.2) is 0 Å². The van der Waals surface area contributed by atoms with Crippen molar-refractivity contribution < 1.29 is 9.90 Å². The third-order valence-electron chi connectivity index (χ3n) is 0.620. The van der Waals surface area contributed by atoms with Crippen LogP contribution in [0, 0.1) is 0 Å². The Morgan fingerprint density at radius 1 is 2.00 bits per heavy atom. The highest BCUT2D eigenvalue weighted by atomic mass is 16.3. The molecule has 0 saturated carbocycles. The number of rotatable bonds is 2. The Balaban J connectivity index is 3.33. The largest absolute Gasteiger partial charge is 0.370 e. The van der Waals surface area contributed by atoms with Gasteiger partial charge in [-0.15, -0.1) is 0 Å². The second-order valence-corrected chi connectivity index (χ2v) is 1.34. The maximum Gasteiger partial charge on any atom is 0.263 e.